The van der Waals surface area contributed by atoms with Crippen LogP contribution in [0.3, 0.4) is 0 Å². The number of nitrogens with zero attached hydrogens (tertiary/aromatic N) is 5. The number of likely N-dealkylation sites (N-methyl/N-ethyl adjacent to an activating group) is 4. The van der Waals surface area contributed by atoms with Crippen molar-refractivity contribution in [1.82, 2.24) is 45.9 Å². The molecular formula is C35H63N9O10S. The fourth-order valence-corrected chi connectivity index (χ4v) is 6.01. The van der Waals surface area contributed by atoms with Crippen LogP contribution in [0.4, 0.5) is 0 Å². The Labute approximate surface area is 331 Å². The smallest absolute Gasteiger partial charge is 0.334 e. The van der Waals surface area contributed by atoms with Gasteiger partial charge in [-0.2, -0.15) is 12.5 Å². The van der Waals surface area contributed by atoms with Gasteiger partial charge in [0.25, 0.3) is 11.8 Å². The minimum absolute atomic E-state index is 0.0134. The van der Waals surface area contributed by atoms with Crippen molar-refractivity contribution in [3.63, 3.8) is 0 Å². The van der Waals surface area contributed by atoms with Crippen molar-refractivity contribution in [1.29, 1.82) is 1.12 Å². The van der Waals surface area contributed by atoms with Gasteiger partial charge in [0.1, 0.15) is 13.2 Å². The molecule has 3 rings (SSSR count). The maximum atomic E-state index is 12.5. The molecule has 0 radical (unpaired) electrons. The van der Waals surface area contributed by atoms with E-state index >= 15 is 0 Å². The van der Waals surface area contributed by atoms with Crippen molar-refractivity contribution in [3.8, 4) is 0 Å². The maximum absolute atomic E-state index is 12.5. The first-order valence-electron chi connectivity index (χ1n) is 19.4. The van der Waals surface area contributed by atoms with Gasteiger partial charge in [-0.15, -0.1) is 5.06 Å². The monoisotopic (exact) mass is 802 g/mol. The van der Waals surface area contributed by atoms with Gasteiger partial charge in [0.05, 0.1) is 12.8 Å². The molecule has 19 nitrogen and oxygen atoms in total. The largest absolute Gasteiger partial charge is 0.481 e. The fourth-order valence-electron chi connectivity index (χ4n) is 6.01. The normalized spacial score (nSPS) is 19.5. The molecule has 55 heavy (non-hydrogen) atoms. The van der Waals surface area contributed by atoms with Crippen LogP contribution in [0.5, 0.6) is 0 Å². The minimum atomic E-state index is -0.948. The second-order valence-corrected chi connectivity index (χ2v) is 12.8. The summed E-state index contributed by atoms with van der Waals surface area (Å²) in [6.45, 7) is 17.2. The number of hydrogen-bond donors (Lipinski definition) is 6. The molecule has 20 heteroatoms. The van der Waals surface area contributed by atoms with Gasteiger partial charge in [-0.1, -0.05) is 27.7 Å². The number of amides is 6. The van der Waals surface area contributed by atoms with E-state index in [9.17, 15) is 38.4 Å². The molecule has 0 aromatic rings. The van der Waals surface area contributed by atoms with E-state index in [0.717, 1.165) is 64.9 Å². The highest BCUT2D eigenvalue weighted by Gasteiger charge is 2.33. The highest BCUT2D eigenvalue weighted by Crippen LogP contribution is 2.13. The first-order chi connectivity index (χ1) is 26.7. The molecule has 2 atom stereocenters. The van der Waals surface area contributed by atoms with Gasteiger partial charge in [-0.05, 0) is 32.4 Å². The number of hydroxylamine groups is 2. The highest BCUT2D eigenvalue weighted by atomic mass is 32.1. The molecule has 0 aliphatic carbocycles. The van der Waals surface area contributed by atoms with Crippen molar-refractivity contribution in [2.45, 2.75) is 78.3 Å². The van der Waals surface area contributed by atoms with Crippen LogP contribution < -0.4 is 21.3 Å². The number of aliphatic carboxylic acids is 1. The fraction of sp³-hybridized carbons (Fsp3) is 0.771. The number of piperazine rings is 2. The minimum Gasteiger partial charge on any atom is -0.481 e. The third-order valence-electron chi connectivity index (χ3n) is 9.28. The number of rotatable bonds is 19. The van der Waals surface area contributed by atoms with Crippen molar-refractivity contribution >= 4 is 59.9 Å². The Balaban J connectivity index is 0.000000540. The Kier molecular flexibility index (Phi) is 23.8. The molecule has 5 N–H and O–H groups in total. The summed E-state index contributed by atoms with van der Waals surface area (Å²) >= 11 is 1.000. The Hall–Kier alpha value is -3.85. The maximum Gasteiger partial charge on any atom is 0.334 e. The zero-order chi connectivity index (χ0) is 42.0. The van der Waals surface area contributed by atoms with Crippen LogP contribution in [0.1, 0.15) is 66.2 Å². The van der Waals surface area contributed by atoms with Gasteiger partial charge in [-0.3, -0.25) is 43.4 Å². The van der Waals surface area contributed by atoms with E-state index < -0.39 is 23.8 Å². The van der Waals surface area contributed by atoms with Crippen LogP contribution in [0.25, 0.3) is 0 Å². The van der Waals surface area contributed by atoms with Gasteiger partial charge in [-0.25, -0.2) is 4.79 Å². The molecule has 0 spiro atoms. The topological polar surface area (TPSA) is 230 Å². The summed E-state index contributed by atoms with van der Waals surface area (Å²) in [5.41, 5.74) is 0. The molecule has 0 bridgehead atoms. The Morgan fingerprint density at radius 3 is 1.45 bits per heavy atom. The molecule has 3 heterocycles. The quantitative estimate of drug-likeness (QED) is 0.0632. The second-order valence-electron chi connectivity index (χ2n) is 12.8. The van der Waals surface area contributed by atoms with Crippen molar-refractivity contribution < 1.29 is 48.3 Å². The van der Waals surface area contributed by atoms with Gasteiger partial charge in [0.15, 0.2) is 0 Å². The van der Waals surface area contributed by atoms with Gasteiger partial charge >= 0.3 is 11.9 Å². The van der Waals surface area contributed by atoms with E-state index in [1.807, 2.05) is 13.8 Å². The van der Waals surface area contributed by atoms with Gasteiger partial charge in [0.2, 0.25) is 23.6 Å². The van der Waals surface area contributed by atoms with E-state index in [1.54, 1.807) is 6.26 Å². The first kappa shape index (κ1) is 47.3. The second kappa shape index (κ2) is 27.7. The summed E-state index contributed by atoms with van der Waals surface area (Å²) in [5.74, 6) is -3.53. The molecule has 2 unspecified atom stereocenters. The molecular weight excluding hydrogens is 739 g/mol. The third-order valence-corrected chi connectivity index (χ3v) is 9.28. The van der Waals surface area contributed by atoms with E-state index in [2.05, 4.69) is 54.7 Å². The van der Waals surface area contributed by atoms with Crippen LogP contribution in [0.15, 0.2) is 0 Å². The van der Waals surface area contributed by atoms with Crippen LogP contribution >= 0.6 is 12.5 Å². The Morgan fingerprint density at radius 1 is 0.673 bits per heavy atom. The number of hydrogen-bond acceptors (Lipinski definition) is 14. The van der Waals surface area contributed by atoms with E-state index in [1.165, 1.54) is 0 Å². The zero-order valence-electron chi connectivity index (χ0n) is 34.1. The molecule has 0 aromatic heterocycles. The number of carboxylic acid groups (broad SMARTS) is 1. The molecule has 0 aromatic carbocycles. The SMILES string of the molecule is CCN1CCN(CC)C(C(=O)NCCC(=O)NCCC(=O)O)C1.CCN1CCN(CC)C(C(=O)NCCC(=O)NCCC(=O)ON2C(=O)CCC2=O)C1.[2H]SC. The standard InChI is InChI=1S/C19H31N5O6.C15H28N4O4.CH4S/c1-3-22-11-12-23(4-2)14(13-22)19(29)21-9-7-15(25)20-10-8-18(28)30-24-16(26)5-6-17(24)27;1-3-18-9-10-19(4-2)12(11-18)15(23)17-7-5-13(20)16-8-6-14(21)22;1-2/h14H,3-13H2,1-2H3,(H,20,25)(H,21,29);12H,3-11H2,1-2H3,(H,16,20)(H,17,23)(H,21,22);2H,1H3/i/hD. The summed E-state index contributed by atoms with van der Waals surface area (Å²) in [7, 11) is 0. The zero-order valence-corrected chi connectivity index (χ0v) is 33.9. The molecule has 0 saturated carbocycles. The lowest BCUT2D eigenvalue weighted by atomic mass is 10.1. The average molecular weight is 803 g/mol. The average Bonchev–Trinajstić information content (AvgIpc) is 3.49. The number of nitrogens with one attached hydrogen (secondary N) is 4. The number of carbonyl (C=O) groups is 8. The van der Waals surface area contributed by atoms with Gasteiger partial charge < -0.3 is 41.0 Å². The number of thiol groups is 1. The molecule has 6 amide bonds. The van der Waals surface area contributed by atoms with Crippen LogP contribution in [-0.4, -0.2) is 188 Å². The lowest BCUT2D eigenvalue weighted by Gasteiger charge is -2.39. The Morgan fingerprint density at radius 2 is 1.07 bits per heavy atom. The molecule has 3 saturated heterocycles. The van der Waals surface area contributed by atoms with Crippen molar-refractivity contribution in [2.75, 3.05) is 97.9 Å². The van der Waals surface area contributed by atoms with E-state index in [0.29, 0.717) is 18.2 Å². The van der Waals surface area contributed by atoms with E-state index in [-0.39, 0.29) is 100 Å². The lowest BCUT2D eigenvalue weighted by Crippen LogP contribution is -2.58. The summed E-state index contributed by atoms with van der Waals surface area (Å²) in [6.07, 6.45) is 1.74. The first-order valence-corrected chi connectivity index (χ1v) is 19.9. The van der Waals surface area contributed by atoms with Crippen LogP contribution in [0, 0.1) is 0 Å². The summed E-state index contributed by atoms with van der Waals surface area (Å²) < 4.78 is 6.12. The van der Waals surface area contributed by atoms with Crippen LogP contribution in [-0.2, 0) is 43.2 Å². The predicted octanol–water partition coefficient (Wildman–Crippen LogP) is -1.71. The number of carbonyl (C=O) groups excluding carboxylic acids is 7. The summed E-state index contributed by atoms with van der Waals surface area (Å²) in [5, 5.41) is 19.6. The summed E-state index contributed by atoms with van der Waals surface area (Å²) in [4.78, 5) is 107. The molecule has 3 fully saturated rings. The lowest BCUT2D eigenvalue weighted by molar-refractivity contribution is -0.197. The van der Waals surface area contributed by atoms with E-state index in [4.69, 9.17) is 11.1 Å². The number of imide groups is 1. The highest BCUT2D eigenvalue weighted by molar-refractivity contribution is 7.79. The molecule has 3 aliphatic heterocycles. The number of carboxylic acids is 1. The van der Waals surface area contributed by atoms with Crippen LogP contribution in [0.2, 0.25) is 0 Å². The van der Waals surface area contributed by atoms with Gasteiger partial charge in [0, 0.05) is 91.1 Å². The van der Waals surface area contributed by atoms with Crippen molar-refractivity contribution in [3.05, 3.63) is 0 Å². The Bertz CT molecular complexity index is 1280. The van der Waals surface area contributed by atoms with Crippen molar-refractivity contribution in [2.24, 2.45) is 0 Å². The third kappa shape index (κ3) is 18.6. The molecule has 314 valence electrons. The molecule has 3 aliphatic rings. The predicted molar refractivity (Wildman–Crippen MR) is 207 cm³/mol. The summed E-state index contributed by atoms with van der Waals surface area (Å²) in [6, 6.07) is -0.402.